The minimum Gasteiger partial charge on any atom is -0.296 e. The number of nitrogens with zero attached hydrogens (tertiary/aromatic N) is 3. The first kappa shape index (κ1) is 19.6. The molecule has 1 aliphatic carbocycles. The van der Waals surface area contributed by atoms with E-state index in [2.05, 4.69) is 9.88 Å². The topological polar surface area (TPSA) is 53.5 Å². The van der Waals surface area contributed by atoms with E-state index < -0.39 is 10.0 Å². The molecule has 1 saturated carbocycles. The Kier molecular flexibility index (Phi) is 6.09. The Morgan fingerprint density at radius 3 is 2.14 bits per heavy atom. The van der Waals surface area contributed by atoms with Gasteiger partial charge in [-0.1, -0.05) is 31.4 Å². The molecule has 0 amide bonds. The minimum atomic E-state index is -3.41. The summed E-state index contributed by atoms with van der Waals surface area (Å²) < 4.78 is 27.7. The molecule has 150 valence electrons. The molecule has 1 aromatic heterocycles. The zero-order chi connectivity index (χ0) is 19.4. The van der Waals surface area contributed by atoms with E-state index in [4.69, 9.17) is 0 Å². The SMILES string of the molecule is O=S(=O)(c1ccc(C2CCCCC2)cc1)N1CCN(Cc2ccncc2)CC1. The van der Waals surface area contributed by atoms with E-state index in [1.54, 1.807) is 16.7 Å². The molecule has 0 bridgehead atoms. The molecule has 4 rings (SSSR count). The molecule has 0 radical (unpaired) electrons. The lowest BCUT2D eigenvalue weighted by Crippen LogP contribution is -2.48. The maximum absolute atomic E-state index is 13.0. The van der Waals surface area contributed by atoms with Gasteiger partial charge in [0.05, 0.1) is 4.90 Å². The highest BCUT2D eigenvalue weighted by atomic mass is 32.2. The molecule has 0 atom stereocenters. The number of pyridine rings is 1. The third-order valence-electron chi connectivity index (χ3n) is 6.08. The van der Waals surface area contributed by atoms with Crippen LogP contribution in [0.4, 0.5) is 0 Å². The molecule has 1 aliphatic heterocycles. The molecule has 1 aromatic carbocycles. The van der Waals surface area contributed by atoms with Gasteiger partial charge in [0.25, 0.3) is 0 Å². The van der Waals surface area contributed by atoms with Crippen LogP contribution >= 0.6 is 0 Å². The summed E-state index contributed by atoms with van der Waals surface area (Å²) in [6.45, 7) is 3.42. The Labute approximate surface area is 168 Å². The second-order valence-electron chi connectivity index (χ2n) is 7.94. The van der Waals surface area contributed by atoms with Crippen molar-refractivity contribution in [3.05, 3.63) is 59.9 Å². The molecule has 2 aromatic rings. The van der Waals surface area contributed by atoms with Crippen LogP contribution in [0.3, 0.4) is 0 Å². The first-order valence-electron chi connectivity index (χ1n) is 10.3. The maximum atomic E-state index is 13.0. The molecule has 2 fully saturated rings. The second kappa shape index (κ2) is 8.72. The van der Waals surface area contributed by atoms with Crippen molar-refractivity contribution >= 4 is 10.0 Å². The van der Waals surface area contributed by atoms with E-state index in [9.17, 15) is 8.42 Å². The molecule has 2 heterocycles. The largest absolute Gasteiger partial charge is 0.296 e. The summed E-state index contributed by atoms with van der Waals surface area (Å²) in [4.78, 5) is 6.77. The first-order chi connectivity index (χ1) is 13.6. The van der Waals surface area contributed by atoms with Crippen molar-refractivity contribution in [2.24, 2.45) is 0 Å². The lowest BCUT2D eigenvalue weighted by Gasteiger charge is -2.34. The van der Waals surface area contributed by atoms with Gasteiger partial charge >= 0.3 is 0 Å². The van der Waals surface area contributed by atoms with Gasteiger partial charge in [0, 0.05) is 45.1 Å². The summed E-state index contributed by atoms with van der Waals surface area (Å²) in [6, 6.07) is 11.7. The van der Waals surface area contributed by atoms with E-state index in [0.717, 1.165) is 19.6 Å². The highest BCUT2D eigenvalue weighted by Crippen LogP contribution is 2.33. The Morgan fingerprint density at radius 1 is 0.857 bits per heavy atom. The van der Waals surface area contributed by atoms with Crippen molar-refractivity contribution in [3.8, 4) is 0 Å². The van der Waals surface area contributed by atoms with Crippen LogP contribution in [0, 0.1) is 0 Å². The molecule has 0 unspecified atom stereocenters. The van der Waals surface area contributed by atoms with Crippen molar-refractivity contribution in [1.82, 2.24) is 14.2 Å². The molecule has 5 nitrogen and oxygen atoms in total. The van der Waals surface area contributed by atoms with Crippen LogP contribution in [-0.4, -0.2) is 48.8 Å². The Morgan fingerprint density at radius 2 is 1.50 bits per heavy atom. The smallest absolute Gasteiger partial charge is 0.243 e. The van der Waals surface area contributed by atoms with E-state index in [-0.39, 0.29) is 0 Å². The number of hydrogen-bond acceptors (Lipinski definition) is 4. The van der Waals surface area contributed by atoms with Gasteiger partial charge in [0.2, 0.25) is 10.0 Å². The quantitative estimate of drug-likeness (QED) is 0.770. The summed E-state index contributed by atoms with van der Waals surface area (Å²) >= 11 is 0. The molecule has 6 heteroatoms. The van der Waals surface area contributed by atoms with Crippen molar-refractivity contribution in [2.75, 3.05) is 26.2 Å². The zero-order valence-electron chi connectivity index (χ0n) is 16.3. The van der Waals surface area contributed by atoms with Gasteiger partial charge < -0.3 is 0 Å². The molecular weight excluding hydrogens is 370 g/mol. The van der Waals surface area contributed by atoms with E-state index in [0.29, 0.717) is 23.9 Å². The van der Waals surface area contributed by atoms with Gasteiger partial charge in [-0.15, -0.1) is 0 Å². The van der Waals surface area contributed by atoms with Gasteiger partial charge in [0.1, 0.15) is 0 Å². The molecule has 28 heavy (non-hydrogen) atoms. The van der Waals surface area contributed by atoms with Crippen molar-refractivity contribution in [1.29, 1.82) is 0 Å². The van der Waals surface area contributed by atoms with Crippen LogP contribution in [0.5, 0.6) is 0 Å². The fourth-order valence-electron chi connectivity index (χ4n) is 4.37. The number of rotatable bonds is 5. The van der Waals surface area contributed by atoms with Crippen molar-refractivity contribution in [3.63, 3.8) is 0 Å². The second-order valence-corrected chi connectivity index (χ2v) is 9.88. The summed E-state index contributed by atoms with van der Waals surface area (Å²) in [5, 5.41) is 0. The third kappa shape index (κ3) is 4.45. The number of hydrogen-bond donors (Lipinski definition) is 0. The fourth-order valence-corrected chi connectivity index (χ4v) is 5.79. The number of piperazine rings is 1. The predicted molar refractivity (Wildman–Crippen MR) is 111 cm³/mol. The van der Waals surface area contributed by atoms with Crippen LogP contribution in [0.25, 0.3) is 0 Å². The third-order valence-corrected chi connectivity index (χ3v) is 7.99. The number of sulfonamides is 1. The molecule has 0 N–H and O–H groups in total. The summed E-state index contributed by atoms with van der Waals surface area (Å²) in [7, 11) is -3.41. The zero-order valence-corrected chi connectivity index (χ0v) is 17.2. The van der Waals surface area contributed by atoms with Gasteiger partial charge in [-0.05, 0) is 54.2 Å². The molecular formula is C22H29N3O2S. The standard InChI is InChI=1S/C22H29N3O2S/c26-28(27,22-8-6-21(7-9-22)20-4-2-1-3-5-20)25-16-14-24(15-17-25)18-19-10-12-23-13-11-19/h6-13,20H,1-5,14-18H2. The average molecular weight is 400 g/mol. The maximum Gasteiger partial charge on any atom is 0.243 e. The summed E-state index contributed by atoms with van der Waals surface area (Å²) in [5.41, 5.74) is 2.51. The lowest BCUT2D eigenvalue weighted by molar-refractivity contribution is 0.181. The highest BCUT2D eigenvalue weighted by molar-refractivity contribution is 7.89. The highest BCUT2D eigenvalue weighted by Gasteiger charge is 2.28. The Balaban J connectivity index is 1.37. The van der Waals surface area contributed by atoms with Gasteiger partial charge in [-0.25, -0.2) is 8.42 Å². The molecule has 1 saturated heterocycles. The first-order valence-corrected chi connectivity index (χ1v) is 11.8. The van der Waals surface area contributed by atoms with Crippen LogP contribution in [0.1, 0.15) is 49.1 Å². The monoisotopic (exact) mass is 399 g/mol. The van der Waals surface area contributed by atoms with Crippen LogP contribution in [-0.2, 0) is 16.6 Å². The predicted octanol–water partition coefficient (Wildman–Crippen LogP) is 3.64. The van der Waals surface area contributed by atoms with Crippen LogP contribution < -0.4 is 0 Å². The average Bonchev–Trinajstić information content (AvgIpc) is 2.76. The Hall–Kier alpha value is -1.76. The van der Waals surface area contributed by atoms with Crippen molar-refractivity contribution in [2.45, 2.75) is 49.5 Å². The van der Waals surface area contributed by atoms with Crippen LogP contribution in [0.2, 0.25) is 0 Å². The van der Waals surface area contributed by atoms with E-state index in [1.807, 2.05) is 36.4 Å². The van der Waals surface area contributed by atoms with Gasteiger partial charge in [0.15, 0.2) is 0 Å². The van der Waals surface area contributed by atoms with Crippen molar-refractivity contribution < 1.29 is 8.42 Å². The number of aromatic nitrogens is 1. The normalized spacial score (nSPS) is 20.3. The van der Waals surface area contributed by atoms with Gasteiger partial charge in [-0.2, -0.15) is 4.31 Å². The lowest BCUT2D eigenvalue weighted by atomic mass is 9.84. The Bertz CT molecular complexity index is 854. The molecule has 2 aliphatic rings. The minimum absolute atomic E-state index is 0.426. The summed E-state index contributed by atoms with van der Waals surface area (Å²) in [6.07, 6.45) is 9.95. The molecule has 0 spiro atoms. The van der Waals surface area contributed by atoms with E-state index in [1.165, 1.54) is 43.2 Å². The van der Waals surface area contributed by atoms with Crippen LogP contribution in [0.15, 0.2) is 53.7 Å². The number of benzene rings is 1. The fraction of sp³-hybridized carbons (Fsp3) is 0.500. The summed E-state index contributed by atoms with van der Waals surface area (Å²) in [5.74, 6) is 0.599. The van der Waals surface area contributed by atoms with E-state index >= 15 is 0 Å². The van der Waals surface area contributed by atoms with Gasteiger partial charge in [-0.3, -0.25) is 9.88 Å².